The highest BCUT2D eigenvalue weighted by Gasteiger charge is 2.17. The molecule has 0 spiro atoms. The second kappa shape index (κ2) is 9.12. The maximum Gasteiger partial charge on any atom is 0.326 e. The van der Waals surface area contributed by atoms with Gasteiger partial charge >= 0.3 is 11.9 Å². The number of rotatable bonds is 6. The number of amides is 1. The number of benzene rings is 2. The molecular formula is C22H19N3O6S2. The molecule has 4 rings (SSSR count). The normalized spacial score (nSPS) is 12.2. The lowest BCUT2D eigenvalue weighted by Gasteiger charge is -2.05. The van der Waals surface area contributed by atoms with Gasteiger partial charge in [-0.2, -0.15) is 4.99 Å². The van der Waals surface area contributed by atoms with Crippen molar-refractivity contribution < 1.29 is 27.3 Å². The number of ether oxygens (including phenoxy) is 1. The van der Waals surface area contributed by atoms with Gasteiger partial charge in [-0.05, 0) is 25.1 Å². The summed E-state index contributed by atoms with van der Waals surface area (Å²) in [5.74, 6) is -0.748. The van der Waals surface area contributed by atoms with Gasteiger partial charge in [0.25, 0.3) is 0 Å². The minimum absolute atomic E-state index is 0.00539. The molecule has 0 atom stereocenters. The van der Waals surface area contributed by atoms with E-state index in [1.54, 1.807) is 13.0 Å². The van der Waals surface area contributed by atoms with Crippen LogP contribution in [0.5, 0.6) is 0 Å². The Labute approximate surface area is 192 Å². The molecule has 11 heteroatoms. The largest absolute Gasteiger partial charge is 0.465 e. The first-order valence-electron chi connectivity index (χ1n) is 9.86. The minimum Gasteiger partial charge on any atom is -0.465 e. The van der Waals surface area contributed by atoms with Crippen molar-refractivity contribution in [2.24, 2.45) is 4.99 Å². The van der Waals surface area contributed by atoms with Crippen molar-refractivity contribution in [3.8, 4) is 11.3 Å². The molecule has 0 aliphatic rings. The van der Waals surface area contributed by atoms with Crippen LogP contribution in [0.15, 0.2) is 69.0 Å². The predicted octanol–water partition coefficient (Wildman–Crippen LogP) is 3.07. The van der Waals surface area contributed by atoms with Gasteiger partial charge < -0.3 is 13.8 Å². The number of hydrogen-bond acceptors (Lipinski definition) is 8. The van der Waals surface area contributed by atoms with Crippen LogP contribution in [0.4, 0.5) is 0 Å². The van der Waals surface area contributed by atoms with Crippen molar-refractivity contribution in [3.63, 3.8) is 0 Å². The van der Waals surface area contributed by atoms with Gasteiger partial charge in [-0.25, -0.2) is 8.42 Å². The summed E-state index contributed by atoms with van der Waals surface area (Å²) in [5.41, 5.74) is 1.32. The molecular weight excluding hydrogens is 466 g/mol. The number of esters is 1. The molecule has 0 aliphatic heterocycles. The van der Waals surface area contributed by atoms with Gasteiger partial charge in [-0.3, -0.25) is 9.59 Å². The number of thiazole rings is 1. The maximum atomic E-state index is 12.8. The smallest absolute Gasteiger partial charge is 0.326 e. The number of aromatic nitrogens is 2. The number of carbonyl (C=O) groups excluding carboxylic acids is 2. The molecule has 0 N–H and O–H groups in total. The average Bonchev–Trinajstić information content (AvgIpc) is 3.39. The summed E-state index contributed by atoms with van der Waals surface area (Å²) in [6.07, 6.45) is 1.11. The molecule has 2 aromatic carbocycles. The summed E-state index contributed by atoms with van der Waals surface area (Å²) in [6.45, 7) is 1.70. The third-order valence-corrected chi connectivity index (χ3v) is 6.81. The van der Waals surface area contributed by atoms with Crippen LogP contribution in [-0.4, -0.2) is 42.9 Å². The van der Waals surface area contributed by atoms with Crippen LogP contribution in [0.2, 0.25) is 0 Å². The van der Waals surface area contributed by atoms with E-state index in [4.69, 9.17) is 9.26 Å². The zero-order valence-electron chi connectivity index (χ0n) is 17.7. The van der Waals surface area contributed by atoms with Gasteiger partial charge in [0.1, 0.15) is 6.54 Å². The Hall–Kier alpha value is -3.57. The Bertz CT molecular complexity index is 1510. The lowest BCUT2D eigenvalue weighted by Crippen LogP contribution is -2.23. The van der Waals surface area contributed by atoms with Gasteiger partial charge in [0.2, 0.25) is 0 Å². The summed E-state index contributed by atoms with van der Waals surface area (Å²) >= 11 is 1.09. The SMILES string of the molecule is CCOC(=O)Cn1c(=NC(=O)c2cc(-c3ccccc3)on2)sc2cc(S(C)(=O)=O)ccc21. The third-order valence-electron chi connectivity index (χ3n) is 4.66. The quantitative estimate of drug-likeness (QED) is 0.385. The molecule has 0 saturated heterocycles. The first-order chi connectivity index (χ1) is 15.8. The van der Waals surface area contributed by atoms with Crippen molar-refractivity contribution >= 4 is 43.3 Å². The van der Waals surface area contributed by atoms with Gasteiger partial charge in [-0.1, -0.05) is 46.8 Å². The molecule has 9 nitrogen and oxygen atoms in total. The van der Waals surface area contributed by atoms with E-state index in [2.05, 4.69) is 10.1 Å². The summed E-state index contributed by atoms with van der Waals surface area (Å²) in [7, 11) is -3.43. The van der Waals surface area contributed by atoms with Crippen molar-refractivity contribution in [2.45, 2.75) is 18.4 Å². The molecule has 170 valence electrons. The van der Waals surface area contributed by atoms with Gasteiger partial charge in [-0.15, -0.1) is 0 Å². The number of sulfone groups is 1. The molecule has 33 heavy (non-hydrogen) atoms. The molecule has 0 saturated carbocycles. The summed E-state index contributed by atoms with van der Waals surface area (Å²) in [5, 5.41) is 3.82. The van der Waals surface area contributed by atoms with E-state index in [9.17, 15) is 18.0 Å². The Morgan fingerprint density at radius 2 is 1.91 bits per heavy atom. The number of fused-ring (bicyclic) bond motifs is 1. The first-order valence-corrected chi connectivity index (χ1v) is 12.6. The van der Waals surface area contributed by atoms with Crippen LogP contribution >= 0.6 is 11.3 Å². The fourth-order valence-corrected chi connectivity index (χ4v) is 4.91. The summed E-state index contributed by atoms with van der Waals surface area (Å²) in [6, 6.07) is 15.2. The molecule has 2 heterocycles. The van der Waals surface area contributed by atoms with Gasteiger partial charge in [0.15, 0.2) is 26.1 Å². The Balaban J connectivity index is 1.78. The minimum atomic E-state index is -3.43. The Morgan fingerprint density at radius 1 is 1.15 bits per heavy atom. The van der Waals surface area contributed by atoms with Crippen LogP contribution in [0.25, 0.3) is 21.5 Å². The van der Waals surface area contributed by atoms with Crippen LogP contribution in [-0.2, 0) is 25.9 Å². The Morgan fingerprint density at radius 3 is 2.61 bits per heavy atom. The highest BCUT2D eigenvalue weighted by Crippen LogP contribution is 2.23. The highest BCUT2D eigenvalue weighted by molar-refractivity contribution is 7.90. The molecule has 2 aromatic heterocycles. The summed E-state index contributed by atoms with van der Waals surface area (Å²) < 4.78 is 36.3. The second-order valence-electron chi connectivity index (χ2n) is 7.04. The van der Waals surface area contributed by atoms with Gasteiger partial charge in [0.05, 0.1) is 21.7 Å². The van der Waals surface area contributed by atoms with E-state index >= 15 is 0 Å². The van der Waals surface area contributed by atoms with Crippen molar-refractivity contribution in [1.29, 1.82) is 0 Å². The van der Waals surface area contributed by atoms with E-state index in [-0.39, 0.29) is 28.5 Å². The lowest BCUT2D eigenvalue weighted by molar-refractivity contribution is -0.143. The molecule has 4 aromatic rings. The second-order valence-corrected chi connectivity index (χ2v) is 10.1. The summed E-state index contributed by atoms with van der Waals surface area (Å²) in [4.78, 5) is 29.5. The standard InChI is InChI=1S/C22H19N3O6S2/c1-3-30-20(26)13-25-17-10-9-15(33(2,28)29)11-19(17)32-22(25)23-21(27)16-12-18(31-24-16)14-7-5-4-6-8-14/h4-12H,3,13H2,1-2H3. The van der Waals surface area contributed by atoms with Crippen molar-refractivity contribution in [1.82, 2.24) is 9.72 Å². The molecule has 1 amide bonds. The van der Waals surface area contributed by atoms with E-state index in [1.807, 2.05) is 30.3 Å². The van der Waals surface area contributed by atoms with Crippen molar-refractivity contribution in [2.75, 3.05) is 12.9 Å². The van der Waals surface area contributed by atoms with Gasteiger partial charge in [0, 0.05) is 17.9 Å². The fraction of sp³-hybridized carbons (Fsp3) is 0.182. The third kappa shape index (κ3) is 4.94. The molecule has 0 fully saturated rings. The Kier molecular flexibility index (Phi) is 6.25. The molecule has 0 aliphatic carbocycles. The lowest BCUT2D eigenvalue weighted by atomic mass is 10.1. The molecule has 0 unspecified atom stereocenters. The topological polar surface area (TPSA) is 121 Å². The van der Waals surface area contributed by atoms with E-state index in [0.29, 0.717) is 16.0 Å². The number of carbonyl (C=O) groups is 2. The highest BCUT2D eigenvalue weighted by atomic mass is 32.2. The van der Waals surface area contributed by atoms with Crippen molar-refractivity contribution in [3.05, 3.63) is 65.1 Å². The fourth-order valence-electron chi connectivity index (χ4n) is 3.12. The zero-order valence-corrected chi connectivity index (χ0v) is 19.4. The van der Waals surface area contributed by atoms with Crippen LogP contribution in [0.1, 0.15) is 17.4 Å². The average molecular weight is 486 g/mol. The van der Waals surface area contributed by atoms with Crippen LogP contribution in [0, 0.1) is 0 Å². The van der Waals surface area contributed by atoms with Crippen LogP contribution in [0.3, 0.4) is 0 Å². The number of hydrogen-bond donors (Lipinski definition) is 0. The number of nitrogens with zero attached hydrogens (tertiary/aromatic N) is 3. The monoisotopic (exact) mass is 485 g/mol. The molecule has 0 radical (unpaired) electrons. The maximum absolute atomic E-state index is 12.8. The van der Waals surface area contributed by atoms with Crippen LogP contribution < -0.4 is 4.80 Å². The first kappa shape index (κ1) is 22.6. The van der Waals surface area contributed by atoms with E-state index < -0.39 is 21.7 Å². The van der Waals surface area contributed by atoms with E-state index in [1.165, 1.54) is 22.8 Å². The predicted molar refractivity (Wildman–Crippen MR) is 121 cm³/mol. The zero-order chi connectivity index (χ0) is 23.6. The van der Waals surface area contributed by atoms with E-state index in [0.717, 1.165) is 23.2 Å². The molecule has 0 bridgehead atoms.